The first-order valence-corrected chi connectivity index (χ1v) is 10.5. The van der Waals surface area contributed by atoms with Crippen LogP contribution in [-0.4, -0.2) is 35.9 Å². The second-order valence-corrected chi connectivity index (χ2v) is 7.96. The van der Waals surface area contributed by atoms with Gasteiger partial charge in [-0.15, -0.1) is 10.1 Å². The van der Waals surface area contributed by atoms with Crippen molar-refractivity contribution in [3.8, 4) is 5.75 Å². The Morgan fingerprint density at radius 1 is 1.00 bits per heavy atom. The van der Waals surface area contributed by atoms with Crippen molar-refractivity contribution in [3.63, 3.8) is 0 Å². The summed E-state index contributed by atoms with van der Waals surface area (Å²) in [7, 11) is 1.61. The maximum atomic E-state index is 13.0. The summed E-state index contributed by atoms with van der Waals surface area (Å²) in [6, 6.07) is 21.6. The minimum Gasteiger partial charge on any atom is -0.497 e. The molecule has 0 spiro atoms. The molecule has 0 saturated carbocycles. The summed E-state index contributed by atoms with van der Waals surface area (Å²) in [4.78, 5) is 25.9. The van der Waals surface area contributed by atoms with Gasteiger partial charge in [0.05, 0.1) is 7.11 Å². The van der Waals surface area contributed by atoms with Crippen LogP contribution in [0.2, 0.25) is 0 Å². The molecule has 1 aliphatic heterocycles. The van der Waals surface area contributed by atoms with Crippen LogP contribution in [-0.2, 0) is 4.79 Å². The highest BCUT2D eigenvalue weighted by Gasteiger charge is 2.47. The third-order valence-corrected chi connectivity index (χ3v) is 5.54. The summed E-state index contributed by atoms with van der Waals surface area (Å²) in [5.41, 5.74) is 7.39. The van der Waals surface area contributed by atoms with Crippen molar-refractivity contribution in [2.75, 3.05) is 7.11 Å². The number of carbonyl (C=O) groups is 2. The number of hydrazone groups is 1. The van der Waals surface area contributed by atoms with Crippen LogP contribution >= 0.6 is 0 Å². The summed E-state index contributed by atoms with van der Waals surface area (Å²) in [6.07, 6.45) is 1.85. The summed E-state index contributed by atoms with van der Waals surface area (Å²) < 4.78 is 7.07. The van der Waals surface area contributed by atoms with Crippen LogP contribution in [0.1, 0.15) is 38.7 Å². The average molecular weight is 429 g/mol. The smallest absolute Gasteiger partial charge is 0.304 e. The lowest BCUT2D eigenvalue weighted by Gasteiger charge is -2.15. The molecular formula is C26H26N3O3+. The zero-order chi connectivity index (χ0) is 22.7. The van der Waals surface area contributed by atoms with Crippen LogP contribution in [0.4, 0.5) is 0 Å². The second-order valence-electron chi connectivity index (χ2n) is 7.96. The number of carbonyl (C=O) groups excluding carboxylic acids is 2. The van der Waals surface area contributed by atoms with E-state index in [1.807, 2.05) is 80.7 Å². The van der Waals surface area contributed by atoms with Crippen LogP contribution in [0, 0.1) is 13.8 Å². The fraction of sp³-hybridized carbons (Fsp3) is 0.192. The average Bonchev–Trinajstić information content (AvgIpc) is 3.09. The Hall–Kier alpha value is -3.93. The molecule has 0 radical (unpaired) electrons. The van der Waals surface area contributed by atoms with E-state index < -0.39 is 12.1 Å². The Labute approximate surface area is 187 Å². The number of hydrazine groups is 1. The molecule has 6 heteroatoms. The molecule has 1 heterocycles. The fourth-order valence-corrected chi connectivity index (χ4v) is 3.76. The molecule has 3 aromatic rings. The zero-order valence-electron chi connectivity index (χ0n) is 18.3. The minimum absolute atomic E-state index is 0.268. The van der Waals surface area contributed by atoms with Crippen molar-refractivity contribution in [1.82, 2.24) is 10.7 Å². The van der Waals surface area contributed by atoms with E-state index in [4.69, 9.17) is 4.74 Å². The Morgan fingerprint density at radius 3 is 2.31 bits per heavy atom. The van der Waals surface area contributed by atoms with Crippen molar-refractivity contribution >= 4 is 18.0 Å². The number of benzene rings is 3. The highest BCUT2D eigenvalue weighted by Crippen LogP contribution is 2.26. The number of ether oxygens (including phenoxy) is 1. The number of rotatable bonds is 5. The van der Waals surface area contributed by atoms with Gasteiger partial charge in [0.15, 0.2) is 6.04 Å². The lowest BCUT2D eigenvalue weighted by Crippen LogP contribution is -2.42. The van der Waals surface area contributed by atoms with E-state index in [1.54, 1.807) is 23.9 Å². The highest BCUT2D eigenvalue weighted by molar-refractivity contribution is 5.98. The number of hydrogen-bond donors (Lipinski definition) is 2. The van der Waals surface area contributed by atoms with E-state index in [9.17, 15) is 9.59 Å². The molecule has 2 atom stereocenters. The summed E-state index contributed by atoms with van der Waals surface area (Å²) in [6.45, 7) is 3.98. The van der Waals surface area contributed by atoms with Gasteiger partial charge in [-0.1, -0.05) is 53.6 Å². The van der Waals surface area contributed by atoms with Gasteiger partial charge in [0.2, 0.25) is 12.3 Å². The van der Waals surface area contributed by atoms with E-state index in [2.05, 4.69) is 10.7 Å². The number of nitrogens with zero attached hydrogens (tertiary/aromatic N) is 1. The molecular weight excluding hydrogens is 402 g/mol. The third-order valence-electron chi connectivity index (χ3n) is 5.54. The van der Waals surface area contributed by atoms with Crippen LogP contribution in [0.25, 0.3) is 0 Å². The van der Waals surface area contributed by atoms with E-state index in [1.165, 1.54) is 0 Å². The Balaban J connectivity index is 1.70. The summed E-state index contributed by atoms with van der Waals surface area (Å²) >= 11 is 0. The molecule has 0 unspecified atom stereocenters. The van der Waals surface area contributed by atoms with Gasteiger partial charge in [-0.05, 0) is 44.2 Å². The maximum Gasteiger partial charge on any atom is 0.304 e. The molecule has 0 bridgehead atoms. The van der Waals surface area contributed by atoms with Gasteiger partial charge in [0.25, 0.3) is 5.91 Å². The van der Waals surface area contributed by atoms with Crippen LogP contribution in [0.3, 0.4) is 0 Å². The zero-order valence-corrected chi connectivity index (χ0v) is 18.3. The quantitative estimate of drug-likeness (QED) is 0.613. The summed E-state index contributed by atoms with van der Waals surface area (Å²) in [5.74, 6) is 0.168. The molecule has 1 aliphatic rings. The predicted molar refractivity (Wildman–Crippen MR) is 123 cm³/mol. The lowest BCUT2D eigenvalue weighted by molar-refractivity contribution is -0.596. The molecule has 1 saturated heterocycles. The predicted octanol–water partition coefficient (Wildman–Crippen LogP) is 3.33. The standard InChI is InChI=1S/C26H25N3O3/c1-17-7-11-20(12-8-17)24-23(27-25(30)21-13-9-18(2)10-14-21)26(31)28-29(24)16-19-5-4-6-22(15-19)32-3/h4-16,23-24H,1-3H3,(H-,27,28,30,31)/p+1/b29-16-/t23-,24-/m0/s1. The van der Waals surface area contributed by atoms with Gasteiger partial charge in [0.1, 0.15) is 5.75 Å². The van der Waals surface area contributed by atoms with Gasteiger partial charge in [-0.2, -0.15) is 0 Å². The molecule has 2 N–H and O–H groups in total. The SMILES string of the molecule is COc1cccc(/C=[N+]2\NC(=O)[C@@H](NC(=O)c3ccc(C)cc3)[C@@H]2c2ccc(C)cc2)c1. The number of amides is 2. The number of methoxy groups -OCH3 is 1. The summed E-state index contributed by atoms with van der Waals surface area (Å²) in [5, 5.41) is 2.93. The lowest BCUT2D eigenvalue weighted by atomic mass is 9.98. The van der Waals surface area contributed by atoms with Crippen LogP contribution < -0.4 is 15.5 Å². The minimum atomic E-state index is -0.756. The van der Waals surface area contributed by atoms with Gasteiger partial charge in [0, 0.05) is 16.7 Å². The van der Waals surface area contributed by atoms with Crippen LogP contribution in [0.15, 0.2) is 72.8 Å². The van der Waals surface area contributed by atoms with Gasteiger partial charge in [-0.3, -0.25) is 9.59 Å². The monoisotopic (exact) mass is 428 g/mol. The molecule has 2 amide bonds. The molecule has 0 aliphatic carbocycles. The first-order valence-electron chi connectivity index (χ1n) is 10.5. The first kappa shape index (κ1) is 21.3. The fourth-order valence-electron chi connectivity index (χ4n) is 3.76. The number of hydrogen-bond acceptors (Lipinski definition) is 3. The van der Waals surface area contributed by atoms with E-state index in [-0.39, 0.29) is 11.8 Å². The Kier molecular flexibility index (Phi) is 6.03. The topological polar surface area (TPSA) is 70.4 Å². The van der Waals surface area contributed by atoms with E-state index in [0.29, 0.717) is 5.56 Å². The van der Waals surface area contributed by atoms with E-state index in [0.717, 1.165) is 28.0 Å². The van der Waals surface area contributed by atoms with Crippen molar-refractivity contribution in [3.05, 3.63) is 101 Å². The van der Waals surface area contributed by atoms with Gasteiger partial charge in [-0.25, -0.2) is 0 Å². The normalized spacial score (nSPS) is 19.0. The molecule has 6 nitrogen and oxygen atoms in total. The van der Waals surface area contributed by atoms with Gasteiger partial charge < -0.3 is 10.1 Å². The van der Waals surface area contributed by atoms with Gasteiger partial charge >= 0.3 is 5.91 Å². The van der Waals surface area contributed by atoms with Crippen molar-refractivity contribution < 1.29 is 19.0 Å². The maximum absolute atomic E-state index is 13.0. The molecule has 4 rings (SSSR count). The highest BCUT2D eigenvalue weighted by atomic mass is 16.5. The molecule has 162 valence electrons. The largest absolute Gasteiger partial charge is 0.497 e. The molecule has 3 aromatic carbocycles. The van der Waals surface area contributed by atoms with Crippen molar-refractivity contribution in [1.29, 1.82) is 0 Å². The second kappa shape index (κ2) is 9.06. The Morgan fingerprint density at radius 2 is 1.66 bits per heavy atom. The van der Waals surface area contributed by atoms with Crippen LogP contribution in [0.5, 0.6) is 5.75 Å². The van der Waals surface area contributed by atoms with E-state index >= 15 is 0 Å². The third kappa shape index (κ3) is 4.54. The molecule has 32 heavy (non-hydrogen) atoms. The Bertz CT molecular complexity index is 1170. The molecule has 0 aromatic heterocycles. The number of nitrogens with one attached hydrogen (secondary N) is 2. The van der Waals surface area contributed by atoms with Crippen molar-refractivity contribution in [2.24, 2.45) is 0 Å². The number of aryl methyl sites for hydroxylation is 2. The molecule has 1 fully saturated rings. The first-order chi connectivity index (χ1) is 15.4. The van der Waals surface area contributed by atoms with Crippen molar-refractivity contribution in [2.45, 2.75) is 25.9 Å².